The minimum absolute atomic E-state index is 0.00611. The van der Waals surface area contributed by atoms with Crippen molar-refractivity contribution in [2.24, 2.45) is 0 Å². The number of nitrogens with zero attached hydrogens (tertiary/aromatic N) is 1. The minimum atomic E-state index is -3.83. The van der Waals surface area contributed by atoms with Crippen LogP contribution in [-0.2, 0) is 14.8 Å². The molecule has 1 unspecified atom stereocenters. The highest BCUT2D eigenvalue weighted by molar-refractivity contribution is 7.89. The van der Waals surface area contributed by atoms with Crippen LogP contribution in [0.15, 0.2) is 71.1 Å². The van der Waals surface area contributed by atoms with Gasteiger partial charge in [0.2, 0.25) is 10.0 Å². The molecule has 0 aliphatic carbocycles. The summed E-state index contributed by atoms with van der Waals surface area (Å²) in [6.45, 7) is 0.00611. The van der Waals surface area contributed by atoms with Crippen molar-refractivity contribution in [1.82, 2.24) is 4.31 Å². The van der Waals surface area contributed by atoms with Crippen LogP contribution >= 0.6 is 11.6 Å². The number of sulfonamides is 1. The second-order valence-corrected chi connectivity index (χ2v) is 7.63. The van der Waals surface area contributed by atoms with E-state index in [9.17, 15) is 18.3 Å². The van der Waals surface area contributed by atoms with Gasteiger partial charge in [-0.15, -0.1) is 0 Å². The Morgan fingerprint density at radius 1 is 1.08 bits per heavy atom. The standard InChI is InChI=1S/C17H14ClNO4S/c18-13-8-6-12(7-9-13)16-15(17(20)21)10-11-19(16)24(22,23)14-4-2-1-3-5-14/h1-10,16H,11H2,(H,20,21). The summed E-state index contributed by atoms with van der Waals surface area (Å²) >= 11 is 5.88. The van der Waals surface area contributed by atoms with E-state index in [2.05, 4.69) is 0 Å². The molecule has 0 aromatic heterocycles. The van der Waals surface area contributed by atoms with Crippen molar-refractivity contribution in [2.75, 3.05) is 6.54 Å². The van der Waals surface area contributed by atoms with E-state index in [1.54, 1.807) is 42.5 Å². The first-order valence-electron chi connectivity index (χ1n) is 7.17. The molecule has 1 aliphatic heterocycles. The van der Waals surface area contributed by atoms with Gasteiger partial charge in [0, 0.05) is 11.6 Å². The normalized spacial score (nSPS) is 18.4. The van der Waals surface area contributed by atoms with E-state index in [0.29, 0.717) is 10.6 Å². The van der Waals surface area contributed by atoms with Crippen LogP contribution in [-0.4, -0.2) is 30.3 Å². The van der Waals surface area contributed by atoms with Crippen LogP contribution in [0.1, 0.15) is 11.6 Å². The summed E-state index contributed by atoms with van der Waals surface area (Å²) in [6.07, 6.45) is 1.43. The third kappa shape index (κ3) is 2.96. The van der Waals surface area contributed by atoms with Crippen molar-refractivity contribution < 1.29 is 18.3 Å². The molecule has 7 heteroatoms. The minimum Gasteiger partial charge on any atom is -0.478 e. The van der Waals surface area contributed by atoms with Gasteiger partial charge in [-0.1, -0.05) is 48.0 Å². The number of carbonyl (C=O) groups is 1. The molecule has 0 saturated carbocycles. The van der Waals surface area contributed by atoms with Crippen molar-refractivity contribution in [1.29, 1.82) is 0 Å². The summed E-state index contributed by atoms with van der Waals surface area (Å²) in [5, 5.41) is 9.93. The summed E-state index contributed by atoms with van der Waals surface area (Å²) in [5.74, 6) is -1.14. The van der Waals surface area contributed by atoms with Gasteiger partial charge in [-0.3, -0.25) is 0 Å². The van der Waals surface area contributed by atoms with Gasteiger partial charge >= 0.3 is 5.97 Å². The highest BCUT2D eigenvalue weighted by atomic mass is 35.5. The maximum Gasteiger partial charge on any atom is 0.333 e. The number of rotatable bonds is 4. The van der Waals surface area contributed by atoms with E-state index in [4.69, 9.17) is 11.6 Å². The van der Waals surface area contributed by atoms with Crippen molar-refractivity contribution in [3.05, 3.63) is 76.8 Å². The van der Waals surface area contributed by atoms with Crippen LogP contribution in [0.3, 0.4) is 0 Å². The van der Waals surface area contributed by atoms with Gasteiger partial charge < -0.3 is 5.11 Å². The second kappa shape index (κ2) is 6.39. The van der Waals surface area contributed by atoms with Crippen molar-refractivity contribution in [3.8, 4) is 0 Å². The molecule has 0 radical (unpaired) electrons. The maximum atomic E-state index is 12.9. The molecule has 24 heavy (non-hydrogen) atoms. The van der Waals surface area contributed by atoms with Crippen LogP contribution < -0.4 is 0 Å². The van der Waals surface area contributed by atoms with Crippen molar-refractivity contribution in [3.63, 3.8) is 0 Å². The zero-order chi connectivity index (χ0) is 17.3. The van der Waals surface area contributed by atoms with Gasteiger partial charge in [0.15, 0.2) is 0 Å². The lowest BCUT2D eigenvalue weighted by atomic mass is 10.0. The lowest BCUT2D eigenvalue weighted by Gasteiger charge is -2.26. The molecular formula is C17H14ClNO4S. The smallest absolute Gasteiger partial charge is 0.333 e. The van der Waals surface area contributed by atoms with E-state index >= 15 is 0 Å². The Balaban J connectivity index is 2.08. The van der Waals surface area contributed by atoms with Gasteiger partial charge in [0.1, 0.15) is 0 Å². The molecule has 0 fully saturated rings. The van der Waals surface area contributed by atoms with E-state index < -0.39 is 22.0 Å². The summed E-state index contributed by atoms with van der Waals surface area (Å²) in [4.78, 5) is 11.7. The van der Waals surface area contributed by atoms with Crippen LogP contribution in [0.4, 0.5) is 0 Å². The maximum absolute atomic E-state index is 12.9. The van der Waals surface area contributed by atoms with Gasteiger partial charge in [-0.25, -0.2) is 13.2 Å². The van der Waals surface area contributed by atoms with E-state index in [0.717, 1.165) is 0 Å². The molecule has 0 spiro atoms. The quantitative estimate of drug-likeness (QED) is 0.905. The van der Waals surface area contributed by atoms with E-state index in [1.807, 2.05) is 0 Å². The molecule has 2 aromatic carbocycles. The zero-order valence-electron chi connectivity index (χ0n) is 12.5. The molecule has 1 heterocycles. The predicted molar refractivity (Wildman–Crippen MR) is 90.2 cm³/mol. The molecule has 0 bridgehead atoms. The molecular weight excluding hydrogens is 350 g/mol. The number of hydrogen-bond acceptors (Lipinski definition) is 3. The third-order valence-electron chi connectivity index (χ3n) is 3.86. The first-order chi connectivity index (χ1) is 11.4. The molecule has 124 valence electrons. The van der Waals surface area contributed by atoms with Gasteiger partial charge in [-0.2, -0.15) is 4.31 Å². The number of benzene rings is 2. The molecule has 1 N–H and O–H groups in total. The highest BCUT2D eigenvalue weighted by Crippen LogP contribution is 2.37. The largest absolute Gasteiger partial charge is 0.478 e. The molecule has 2 aromatic rings. The average molecular weight is 364 g/mol. The lowest BCUT2D eigenvalue weighted by Crippen LogP contribution is -2.33. The lowest BCUT2D eigenvalue weighted by molar-refractivity contribution is -0.133. The first-order valence-corrected chi connectivity index (χ1v) is 8.99. The monoisotopic (exact) mass is 363 g/mol. The second-order valence-electron chi connectivity index (χ2n) is 5.31. The van der Waals surface area contributed by atoms with E-state index in [-0.39, 0.29) is 17.0 Å². The number of carboxylic acid groups (broad SMARTS) is 1. The topological polar surface area (TPSA) is 74.7 Å². The molecule has 5 nitrogen and oxygen atoms in total. The number of carboxylic acids is 1. The number of aliphatic carboxylic acids is 1. The van der Waals surface area contributed by atoms with Gasteiger partial charge in [-0.05, 0) is 29.8 Å². The Labute approximate surface area is 144 Å². The third-order valence-corrected chi connectivity index (χ3v) is 5.95. The van der Waals surface area contributed by atoms with Crippen LogP contribution in [0, 0.1) is 0 Å². The molecule has 1 atom stereocenters. The predicted octanol–water partition coefficient (Wildman–Crippen LogP) is 3.10. The number of hydrogen-bond donors (Lipinski definition) is 1. The highest BCUT2D eigenvalue weighted by Gasteiger charge is 2.40. The molecule has 3 rings (SSSR count). The fraction of sp³-hybridized carbons (Fsp3) is 0.118. The summed E-state index contributed by atoms with van der Waals surface area (Å²) in [6, 6.07) is 13.6. The Hall–Kier alpha value is -2.15. The Morgan fingerprint density at radius 2 is 1.71 bits per heavy atom. The Bertz CT molecular complexity index is 892. The van der Waals surface area contributed by atoms with Crippen molar-refractivity contribution >= 4 is 27.6 Å². The molecule has 1 aliphatic rings. The molecule has 0 amide bonds. The summed E-state index contributed by atoms with van der Waals surface area (Å²) < 4.78 is 27.0. The average Bonchev–Trinajstić information content (AvgIpc) is 3.02. The summed E-state index contributed by atoms with van der Waals surface area (Å²) in [7, 11) is -3.83. The first kappa shape index (κ1) is 16.7. The van der Waals surface area contributed by atoms with Crippen LogP contribution in [0.2, 0.25) is 5.02 Å². The van der Waals surface area contributed by atoms with Crippen LogP contribution in [0.5, 0.6) is 0 Å². The fourth-order valence-electron chi connectivity index (χ4n) is 2.72. The van der Waals surface area contributed by atoms with E-state index in [1.165, 1.54) is 22.5 Å². The SMILES string of the molecule is O=C(O)C1=CCN(S(=O)(=O)c2ccccc2)C1c1ccc(Cl)cc1. The van der Waals surface area contributed by atoms with Crippen LogP contribution in [0.25, 0.3) is 0 Å². The van der Waals surface area contributed by atoms with Gasteiger partial charge in [0.25, 0.3) is 0 Å². The number of halogens is 1. The molecule has 0 saturated heterocycles. The fourth-order valence-corrected chi connectivity index (χ4v) is 4.40. The summed E-state index contributed by atoms with van der Waals surface area (Å²) in [5.41, 5.74) is 0.599. The zero-order valence-corrected chi connectivity index (χ0v) is 14.0. The van der Waals surface area contributed by atoms with Gasteiger partial charge in [0.05, 0.1) is 16.5 Å². The Morgan fingerprint density at radius 3 is 2.29 bits per heavy atom. The van der Waals surface area contributed by atoms with Crippen molar-refractivity contribution in [2.45, 2.75) is 10.9 Å². The Kier molecular flexibility index (Phi) is 4.45.